The average molecular weight is 341 g/mol. The van der Waals surface area contributed by atoms with E-state index < -0.39 is 0 Å². The molecule has 0 radical (unpaired) electrons. The summed E-state index contributed by atoms with van der Waals surface area (Å²) in [5.41, 5.74) is 1.42. The number of ether oxygens (including phenoxy) is 2. The minimum atomic E-state index is -0.190. The summed E-state index contributed by atoms with van der Waals surface area (Å²) in [6.45, 7) is 3.96. The first-order valence-electron chi connectivity index (χ1n) is 8.17. The zero-order valence-corrected chi connectivity index (χ0v) is 15.0. The first kappa shape index (κ1) is 18.5. The Morgan fingerprint density at radius 3 is 2.20 bits per heavy atom. The molecular formula is C20H23NO4. The Hall–Kier alpha value is -2.82. The summed E-state index contributed by atoms with van der Waals surface area (Å²) in [6.07, 6.45) is 0.859. The molecule has 1 atom stereocenters. The summed E-state index contributed by atoms with van der Waals surface area (Å²) < 4.78 is 10.4. The maximum Gasteiger partial charge on any atom is 0.251 e. The van der Waals surface area contributed by atoms with Crippen molar-refractivity contribution in [1.29, 1.82) is 0 Å². The van der Waals surface area contributed by atoms with Crippen LogP contribution in [0.3, 0.4) is 0 Å². The summed E-state index contributed by atoms with van der Waals surface area (Å²) in [5.74, 6) is 0.718. The Bertz CT molecular complexity index is 753. The molecule has 0 saturated heterocycles. The van der Waals surface area contributed by atoms with E-state index in [1.807, 2.05) is 13.8 Å². The monoisotopic (exact) mass is 341 g/mol. The molecule has 0 spiro atoms. The highest BCUT2D eigenvalue weighted by molar-refractivity contribution is 6.11. The van der Waals surface area contributed by atoms with Gasteiger partial charge < -0.3 is 14.8 Å². The van der Waals surface area contributed by atoms with Crippen molar-refractivity contribution in [3.8, 4) is 11.5 Å². The van der Waals surface area contributed by atoms with Gasteiger partial charge in [0.2, 0.25) is 0 Å². The fraction of sp³-hybridized carbons (Fsp3) is 0.300. The third kappa shape index (κ3) is 4.38. The molecule has 0 aliphatic rings. The molecule has 0 saturated carbocycles. The lowest BCUT2D eigenvalue weighted by Gasteiger charge is -2.12. The quantitative estimate of drug-likeness (QED) is 0.783. The van der Waals surface area contributed by atoms with Gasteiger partial charge in [0.05, 0.1) is 19.8 Å². The number of carbonyl (C=O) groups is 2. The van der Waals surface area contributed by atoms with Gasteiger partial charge in [-0.05, 0) is 43.7 Å². The van der Waals surface area contributed by atoms with Crippen LogP contribution >= 0.6 is 0 Å². The van der Waals surface area contributed by atoms with E-state index in [1.54, 1.807) is 49.6 Å². The molecule has 5 nitrogen and oxygen atoms in total. The van der Waals surface area contributed by atoms with E-state index in [0.717, 1.165) is 6.42 Å². The largest absolute Gasteiger partial charge is 0.497 e. The summed E-state index contributed by atoms with van der Waals surface area (Å²) in [7, 11) is 3.06. The first-order valence-corrected chi connectivity index (χ1v) is 8.17. The number of benzene rings is 2. The van der Waals surface area contributed by atoms with Crippen LogP contribution in [0.4, 0.5) is 0 Å². The molecule has 2 aromatic carbocycles. The molecule has 0 aromatic heterocycles. The van der Waals surface area contributed by atoms with Crippen molar-refractivity contribution in [2.24, 2.45) is 0 Å². The van der Waals surface area contributed by atoms with Gasteiger partial charge in [0, 0.05) is 17.2 Å². The number of ketones is 1. The summed E-state index contributed by atoms with van der Waals surface area (Å²) in [4.78, 5) is 24.9. The molecule has 0 heterocycles. The van der Waals surface area contributed by atoms with Crippen molar-refractivity contribution in [3.05, 3.63) is 59.2 Å². The number of nitrogens with one attached hydrogen (secondary N) is 1. The van der Waals surface area contributed by atoms with Gasteiger partial charge in [0.25, 0.3) is 5.91 Å². The number of rotatable bonds is 7. The highest BCUT2D eigenvalue weighted by Gasteiger charge is 2.16. The predicted octanol–water partition coefficient (Wildman–Crippen LogP) is 3.46. The maximum absolute atomic E-state index is 12.8. The Balaban J connectivity index is 2.25. The standard InChI is InChI=1S/C20H23NO4/c1-5-13(2)21-20(23)15-8-6-14(7-9-15)19(22)17-12-16(24-3)10-11-18(17)25-4/h6-13H,5H2,1-4H3,(H,21,23)/t13-/m1/s1. The molecule has 5 heteroatoms. The second-order valence-electron chi connectivity index (χ2n) is 5.76. The van der Waals surface area contributed by atoms with Gasteiger partial charge in [-0.25, -0.2) is 0 Å². The van der Waals surface area contributed by atoms with Crippen LogP contribution in [-0.2, 0) is 0 Å². The van der Waals surface area contributed by atoms with Gasteiger partial charge in [-0.3, -0.25) is 9.59 Å². The van der Waals surface area contributed by atoms with E-state index in [1.165, 1.54) is 7.11 Å². The van der Waals surface area contributed by atoms with Crippen molar-refractivity contribution in [2.75, 3.05) is 14.2 Å². The van der Waals surface area contributed by atoms with Gasteiger partial charge in [0.1, 0.15) is 11.5 Å². The van der Waals surface area contributed by atoms with Crippen LogP contribution in [0, 0.1) is 0 Å². The SMILES string of the molecule is CC[C@@H](C)NC(=O)c1ccc(C(=O)c2cc(OC)ccc2OC)cc1. The van der Waals surface area contributed by atoms with Crippen LogP contribution < -0.4 is 14.8 Å². The predicted molar refractivity (Wildman–Crippen MR) is 96.6 cm³/mol. The van der Waals surface area contributed by atoms with Crippen molar-refractivity contribution in [2.45, 2.75) is 26.3 Å². The summed E-state index contributed by atoms with van der Waals surface area (Å²) in [6, 6.07) is 11.8. The number of carbonyl (C=O) groups excluding carboxylic acids is 2. The van der Waals surface area contributed by atoms with Crippen LogP contribution in [0.25, 0.3) is 0 Å². The van der Waals surface area contributed by atoms with Gasteiger partial charge in [-0.1, -0.05) is 19.1 Å². The van der Waals surface area contributed by atoms with Gasteiger partial charge in [-0.2, -0.15) is 0 Å². The molecule has 0 aliphatic heterocycles. The van der Waals surface area contributed by atoms with E-state index in [0.29, 0.717) is 28.2 Å². The van der Waals surface area contributed by atoms with E-state index in [4.69, 9.17) is 9.47 Å². The highest BCUT2D eigenvalue weighted by Crippen LogP contribution is 2.26. The normalized spacial score (nSPS) is 11.5. The molecule has 0 aliphatic carbocycles. The topological polar surface area (TPSA) is 64.6 Å². The zero-order valence-electron chi connectivity index (χ0n) is 15.0. The first-order chi connectivity index (χ1) is 12.0. The Morgan fingerprint density at radius 1 is 1.00 bits per heavy atom. The Morgan fingerprint density at radius 2 is 1.64 bits per heavy atom. The average Bonchev–Trinajstić information content (AvgIpc) is 2.66. The molecule has 0 fully saturated rings. The van der Waals surface area contributed by atoms with E-state index in [9.17, 15) is 9.59 Å². The summed E-state index contributed by atoms with van der Waals surface area (Å²) in [5, 5.41) is 2.90. The van der Waals surface area contributed by atoms with Crippen molar-refractivity contribution in [1.82, 2.24) is 5.32 Å². The lowest BCUT2D eigenvalue weighted by molar-refractivity contribution is 0.0938. The lowest BCUT2D eigenvalue weighted by atomic mass is 10.0. The zero-order chi connectivity index (χ0) is 18.4. The molecule has 2 rings (SSSR count). The van der Waals surface area contributed by atoms with Gasteiger partial charge in [0.15, 0.2) is 5.78 Å². The highest BCUT2D eigenvalue weighted by atomic mass is 16.5. The second kappa shape index (κ2) is 8.33. The Labute approximate surface area is 148 Å². The fourth-order valence-electron chi connectivity index (χ4n) is 2.33. The van der Waals surface area contributed by atoms with Crippen LogP contribution in [-0.4, -0.2) is 32.0 Å². The minimum absolute atomic E-state index is 0.106. The van der Waals surface area contributed by atoms with Crippen molar-refractivity contribution >= 4 is 11.7 Å². The van der Waals surface area contributed by atoms with E-state index in [2.05, 4.69) is 5.32 Å². The smallest absolute Gasteiger partial charge is 0.251 e. The third-order valence-electron chi connectivity index (χ3n) is 4.05. The minimum Gasteiger partial charge on any atom is -0.497 e. The van der Waals surface area contributed by atoms with Crippen molar-refractivity contribution in [3.63, 3.8) is 0 Å². The van der Waals surface area contributed by atoms with E-state index >= 15 is 0 Å². The molecular weight excluding hydrogens is 318 g/mol. The summed E-state index contributed by atoms with van der Waals surface area (Å²) >= 11 is 0. The fourth-order valence-corrected chi connectivity index (χ4v) is 2.33. The number of amides is 1. The number of methoxy groups -OCH3 is 2. The maximum atomic E-state index is 12.8. The third-order valence-corrected chi connectivity index (χ3v) is 4.05. The van der Waals surface area contributed by atoms with Crippen LogP contribution in [0.2, 0.25) is 0 Å². The van der Waals surface area contributed by atoms with Crippen molar-refractivity contribution < 1.29 is 19.1 Å². The van der Waals surface area contributed by atoms with E-state index in [-0.39, 0.29) is 17.7 Å². The molecule has 0 bridgehead atoms. The molecule has 1 N–H and O–H groups in total. The molecule has 1 amide bonds. The molecule has 0 unspecified atom stereocenters. The Kier molecular flexibility index (Phi) is 6.17. The van der Waals surface area contributed by atoms with Crippen LogP contribution in [0.1, 0.15) is 46.5 Å². The molecule has 2 aromatic rings. The van der Waals surface area contributed by atoms with Crippen LogP contribution in [0.15, 0.2) is 42.5 Å². The molecule has 132 valence electrons. The number of hydrogen-bond acceptors (Lipinski definition) is 4. The van der Waals surface area contributed by atoms with Gasteiger partial charge >= 0.3 is 0 Å². The van der Waals surface area contributed by atoms with Gasteiger partial charge in [-0.15, -0.1) is 0 Å². The van der Waals surface area contributed by atoms with Crippen LogP contribution in [0.5, 0.6) is 11.5 Å². The number of hydrogen-bond donors (Lipinski definition) is 1. The molecule has 25 heavy (non-hydrogen) atoms. The second-order valence-corrected chi connectivity index (χ2v) is 5.76. The lowest BCUT2D eigenvalue weighted by Crippen LogP contribution is -2.31.